The average Bonchev–Trinajstić information content (AvgIpc) is 2.38. The van der Waals surface area contributed by atoms with E-state index in [1.165, 1.54) is 25.3 Å². The summed E-state index contributed by atoms with van der Waals surface area (Å²) in [6, 6.07) is 8.02. The Morgan fingerprint density at radius 1 is 1.00 bits per heavy atom. The van der Waals surface area contributed by atoms with Gasteiger partial charge in [0.15, 0.2) is 5.78 Å². The van der Waals surface area contributed by atoms with Crippen LogP contribution in [-0.4, -0.2) is 10.8 Å². The third kappa shape index (κ3) is 2.99. The Morgan fingerprint density at radius 3 is 2.00 bits per heavy atom. The first-order chi connectivity index (χ1) is 8.88. The number of pyridine rings is 1. The van der Waals surface area contributed by atoms with Gasteiger partial charge in [0, 0.05) is 18.7 Å². The van der Waals surface area contributed by atoms with E-state index >= 15 is 0 Å². The van der Waals surface area contributed by atoms with Crippen molar-refractivity contribution in [3.63, 3.8) is 0 Å². The van der Waals surface area contributed by atoms with Crippen LogP contribution in [0.5, 0.6) is 0 Å². The molecule has 1 aromatic carbocycles. The van der Waals surface area contributed by atoms with Crippen molar-refractivity contribution in [2.75, 3.05) is 0 Å². The van der Waals surface area contributed by atoms with E-state index in [1.54, 1.807) is 12.1 Å². The van der Waals surface area contributed by atoms with Crippen LogP contribution in [0, 0.1) is 0 Å². The smallest absolute Gasteiger partial charge is 0.293 e. The quantitative estimate of drug-likeness (QED) is 0.769. The second-order valence-corrected chi connectivity index (χ2v) is 4.06. The van der Waals surface area contributed by atoms with Crippen molar-refractivity contribution in [3.8, 4) is 11.1 Å². The number of Topliss-reactive ketones (excluding diaryl/α,β-unsaturated/α-hetero) is 1. The zero-order valence-electron chi connectivity index (χ0n) is 10.0. The molecule has 0 amide bonds. The van der Waals surface area contributed by atoms with Gasteiger partial charge in [0.25, 0.3) is 0 Å². The number of benzene rings is 1. The van der Waals surface area contributed by atoms with Crippen molar-refractivity contribution >= 4 is 5.78 Å². The lowest BCUT2D eigenvalue weighted by Gasteiger charge is -2.07. The maximum absolute atomic E-state index is 12.4. The maximum Gasteiger partial charge on any atom is 0.416 e. The van der Waals surface area contributed by atoms with Gasteiger partial charge in [-0.05, 0) is 23.8 Å². The molecule has 19 heavy (non-hydrogen) atoms. The minimum atomic E-state index is -4.34. The monoisotopic (exact) mass is 265 g/mol. The molecule has 0 saturated heterocycles. The summed E-state index contributed by atoms with van der Waals surface area (Å²) in [5.74, 6) is -0.154. The van der Waals surface area contributed by atoms with Crippen molar-refractivity contribution in [2.24, 2.45) is 0 Å². The molecule has 0 atom stereocenters. The number of hydrogen-bond acceptors (Lipinski definition) is 2. The summed E-state index contributed by atoms with van der Waals surface area (Å²) in [7, 11) is 0. The number of aromatic nitrogens is 1. The maximum atomic E-state index is 12.4. The first-order valence-electron chi connectivity index (χ1n) is 5.52. The summed E-state index contributed by atoms with van der Waals surface area (Å²) in [5.41, 5.74) is 0.926. The molecule has 0 saturated carbocycles. The van der Waals surface area contributed by atoms with Crippen molar-refractivity contribution in [3.05, 3.63) is 53.9 Å². The van der Waals surface area contributed by atoms with E-state index in [2.05, 4.69) is 4.98 Å². The van der Waals surface area contributed by atoms with E-state index in [-0.39, 0.29) is 5.78 Å². The molecule has 98 valence electrons. The summed E-state index contributed by atoms with van der Waals surface area (Å²) in [5, 5.41) is 0. The van der Waals surface area contributed by atoms with Gasteiger partial charge in [-0.2, -0.15) is 13.2 Å². The second kappa shape index (κ2) is 4.84. The Labute approximate surface area is 107 Å². The van der Waals surface area contributed by atoms with E-state index in [1.807, 2.05) is 0 Å². The van der Waals surface area contributed by atoms with Gasteiger partial charge in [-0.25, -0.2) is 0 Å². The van der Waals surface area contributed by atoms with Crippen LogP contribution in [0.25, 0.3) is 11.1 Å². The number of carbonyl (C=O) groups is 1. The van der Waals surface area contributed by atoms with Crippen LogP contribution >= 0.6 is 0 Å². The molecule has 0 aliphatic heterocycles. The van der Waals surface area contributed by atoms with Crippen LogP contribution in [0.15, 0.2) is 42.6 Å². The zero-order valence-corrected chi connectivity index (χ0v) is 10.0. The molecule has 0 aliphatic carbocycles. The van der Waals surface area contributed by atoms with Crippen LogP contribution in [0.4, 0.5) is 13.2 Å². The number of carbonyl (C=O) groups excluding carboxylic acids is 1. The van der Waals surface area contributed by atoms with Crippen LogP contribution in [0.1, 0.15) is 23.0 Å². The van der Waals surface area contributed by atoms with Crippen molar-refractivity contribution < 1.29 is 18.0 Å². The number of ketones is 1. The van der Waals surface area contributed by atoms with Gasteiger partial charge >= 0.3 is 6.18 Å². The zero-order chi connectivity index (χ0) is 14.0. The summed E-state index contributed by atoms with van der Waals surface area (Å²) < 4.78 is 37.2. The average molecular weight is 265 g/mol. The largest absolute Gasteiger partial charge is 0.416 e. The van der Waals surface area contributed by atoms with Gasteiger partial charge in [-0.3, -0.25) is 9.78 Å². The minimum absolute atomic E-state index is 0.154. The third-order valence-electron chi connectivity index (χ3n) is 2.67. The van der Waals surface area contributed by atoms with Crippen LogP contribution in [0.2, 0.25) is 0 Å². The topological polar surface area (TPSA) is 30.0 Å². The lowest BCUT2D eigenvalue weighted by Crippen LogP contribution is -2.04. The van der Waals surface area contributed by atoms with E-state index in [0.717, 1.165) is 12.1 Å². The molecule has 1 aromatic heterocycles. The fraction of sp³-hybridized carbons (Fsp3) is 0.143. The lowest BCUT2D eigenvalue weighted by molar-refractivity contribution is -0.137. The highest BCUT2D eigenvalue weighted by atomic mass is 19.4. The second-order valence-electron chi connectivity index (χ2n) is 4.06. The molecule has 0 radical (unpaired) electrons. The molecule has 0 N–H and O–H groups in total. The summed E-state index contributed by atoms with van der Waals surface area (Å²) in [6.45, 7) is 1.40. The SMILES string of the molecule is CC(=O)c1ccc(-c2ccc(C(F)(F)F)cc2)cn1. The molecule has 1 heterocycles. The van der Waals surface area contributed by atoms with Gasteiger partial charge in [0.2, 0.25) is 0 Å². The van der Waals surface area contributed by atoms with Gasteiger partial charge < -0.3 is 0 Å². The molecule has 2 nitrogen and oxygen atoms in total. The van der Waals surface area contributed by atoms with Crippen LogP contribution in [0.3, 0.4) is 0 Å². The molecule has 0 spiro atoms. The molecule has 0 aliphatic rings. The van der Waals surface area contributed by atoms with Crippen molar-refractivity contribution in [2.45, 2.75) is 13.1 Å². The molecular weight excluding hydrogens is 255 g/mol. The van der Waals surface area contributed by atoms with E-state index < -0.39 is 11.7 Å². The van der Waals surface area contributed by atoms with Crippen LogP contribution in [-0.2, 0) is 6.18 Å². The minimum Gasteiger partial charge on any atom is -0.293 e. The number of rotatable bonds is 2. The fourth-order valence-corrected chi connectivity index (χ4v) is 1.62. The highest BCUT2D eigenvalue weighted by Crippen LogP contribution is 2.30. The Bertz CT molecular complexity index is 586. The first kappa shape index (κ1) is 13.3. The van der Waals surface area contributed by atoms with Gasteiger partial charge in [-0.1, -0.05) is 18.2 Å². The number of nitrogens with zero attached hydrogens (tertiary/aromatic N) is 1. The van der Waals surface area contributed by atoms with Gasteiger partial charge in [-0.15, -0.1) is 0 Å². The van der Waals surface area contributed by atoms with Crippen LogP contribution < -0.4 is 0 Å². The number of halogens is 3. The van der Waals surface area contributed by atoms with E-state index in [0.29, 0.717) is 16.8 Å². The lowest BCUT2D eigenvalue weighted by atomic mass is 10.0. The Kier molecular flexibility index (Phi) is 3.38. The summed E-state index contributed by atoms with van der Waals surface area (Å²) in [4.78, 5) is 15.0. The molecule has 5 heteroatoms. The normalized spacial score (nSPS) is 11.4. The Morgan fingerprint density at radius 2 is 1.58 bits per heavy atom. The molecule has 2 rings (SSSR count). The molecule has 0 fully saturated rings. The van der Waals surface area contributed by atoms with Crippen molar-refractivity contribution in [1.82, 2.24) is 4.98 Å². The molecule has 2 aromatic rings. The molecule has 0 bridgehead atoms. The van der Waals surface area contributed by atoms with E-state index in [9.17, 15) is 18.0 Å². The summed E-state index contributed by atoms with van der Waals surface area (Å²) in [6.07, 6.45) is -2.87. The molecular formula is C14H10F3NO. The fourth-order valence-electron chi connectivity index (χ4n) is 1.62. The Balaban J connectivity index is 2.30. The predicted molar refractivity (Wildman–Crippen MR) is 64.7 cm³/mol. The van der Waals surface area contributed by atoms with E-state index in [4.69, 9.17) is 0 Å². The third-order valence-corrected chi connectivity index (χ3v) is 2.67. The summed E-state index contributed by atoms with van der Waals surface area (Å²) >= 11 is 0. The van der Waals surface area contributed by atoms with Crippen molar-refractivity contribution in [1.29, 1.82) is 0 Å². The van der Waals surface area contributed by atoms with Gasteiger partial charge in [0.1, 0.15) is 5.69 Å². The highest BCUT2D eigenvalue weighted by molar-refractivity contribution is 5.92. The molecule has 0 unspecified atom stereocenters. The Hall–Kier alpha value is -2.17. The first-order valence-corrected chi connectivity index (χ1v) is 5.52. The number of alkyl halides is 3. The standard InChI is InChI=1S/C14H10F3NO/c1-9(19)13-7-4-11(8-18-13)10-2-5-12(6-3-10)14(15,16)17/h2-8H,1H3. The highest BCUT2D eigenvalue weighted by Gasteiger charge is 2.29. The predicted octanol–water partition coefficient (Wildman–Crippen LogP) is 3.97. The number of hydrogen-bond donors (Lipinski definition) is 0. The van der Waals surface area contributed by atoms with Gasteiger partial charge in [0.05, 0.1) is 5.56 Å².